The third-order valence-corrected chi connectivity index (χ3v) is 4.54. The van der Waals surface area contributed by atoms with E-state index in [0.29, 0.717) is 12.2 Å². The summed E-state index contributed by atoms with van der Waals surface area (Å²) in [7, 11) is 0. The van der Waals surface area contributed by atoms with Crippen LogP contribution in [0.1, 0.15) is 15.5 Å². The van der Waals surface area contributed by atoms with Gasteiger partial charge < -0.3 is 15.6 Å². The van der Waals surface area contributed by atoms with Crippen LogP contribution in [0.4, 0.5) is 0 Å². The fraction of sp³-hybridized carbons (Fsp3) is 0.467. The summed E-state index contributed by atoms with van der Waals surface area (Å²) in [4.78, 5) is 22.0. The van der Waals surface area contributed by atoms with Crippen LogP contribution in [-0.2, 0) is 0 Å². The molecule has 0 aromatic carbocycles. The summed E-state index contributed by atoms with van der Waals surface area (Å²) in [6.07, 6.45) is 1.83. The summed E-state index contributed by atoms with van der Waals surface area (Å²) in [6, 6.07) is 1.86. The van der Waals surface area contributed by atoms with Gasteiger partial charge in [0.1, 0.15) is 5.69 Å². The number of hydrogen-bond acceptors (Lipinski definition) is 5. The monoisotopic (exact) mass is 391 g/mol. The van der Waals surface area contributed by atoms with Crippen LogP contribution in [0.2, 0.25) is 0 Å². The Labute approximate surface area is 158 Å². The Bertz CT molecular complexity index is 639. The number of carbonyl (C=O) groups is 1. The van der Waals surface area contributed by atoms with Gasteiger partial charge in [0, 0.05) is 56.4 Å². The first-order valence-electron chi connectivity index (χ1n) is 7.54. The molecule has 2 aromatic rings. The molecule has 6 nitrogen and oxygen atoms in total. The second kappa shape index (κ2) is 10.0. The van der Waals surface area contributed by atoms with Crippen LogP contribution in [-0.4, -0.2) is 60.0 Å². The highest BCUT2D eigenvalue weighted by Crippen LogP contribution is 2.22. The molecule has 0 atom stereocenters. The maximum Gasteiger partial charge on any atom is 0.267 e. The van der Waals surface area contributed by atoms with Crippen LogP contribution in [0.3, 0.4) is 0 Å². The van der Waals surface area contributed by atoms with Crippen molar-refractivity contribution in [2.45, 2.75) is 6.92 Å². The van der Waals surface area contributed by atoms with Crippen molar-refractivity contribution in [1.82, 2.24) is 25.5 Å². The molecular weight excluding hydrogens is 369 g/mol. The van der Waals surface area contributed by atoms with Crippen LogP contribution in [0.25, 0.3) is 11.3 Å². The number of thiazole rings is 1. The van der Waals surface area contributed by atoms with Crippen LogP contribution >= 0.6 is 36.2 Å². The zero-order valence-corrected chi connectivity index (χ0v) is 16.0. The smallest absolute Gasteiger partial charge is 0.267 e. The Balaban J connectivity index is 0.00000144. The number of nitrogens with one attached hydrogen (secondary N) is 3. The molecule has 134 valence electrons. The van der Waals surface area contributed by atoms with E-state index in [4.69, 9.17) is 0 Å². The standard InChI is InChI=1S/C15H21N5OS.2ClH/c1-11-19-14(10-22-11)12-8-13(18-9-12)15(21)17-4-7-20-5-2-16-3-6-20;;/h8-10,16,18H,2-7H2,1H3,(H,17,21);2*1H. The van der Waals surface area contributed by atoms with Gasteiger partial charge in [-0.15, -0.1) is 36.2 Å². The van der Waals surface area contributed by atoms with Crippen LogP contribution in [0, 0.1) is 6.92 Å². The molecule has 3 heterocycles. The number of hydrogen-bond donors (Lipinski definition) is 3. The van der Waals surface area contributed by atoms with E-state index in [2.05, 4.69) is 25.5 Å². The second-order valence-electron chi connectivity index (χ2n) is 5.40. The quantitative estimate of drug-likeness (QED) is 0.727. The van der Waals surface area contributed by atoms with Gasteiger partial charge in [-0.25, -0.2) is 4.98 Å². The summed E-state index contributed by atoms with van der Waals surface area (Å²) in [5.74, 6) is -0.0617. The summed E-state index contributed by atoms with van der Waals surface area (Å²) in [5.41, 5.74) is 2.45. The summed E-state index contributed by atoms with van der Waals surface area (Å²) in [6.45, 7) is 7.69. The third-order valence-electron chi connectivity index (χ3n) is 3.77. The first-order chi connectivity index (χ1) is 10.7. The van der Waals surface area contributed by atoms with Crippen molar-refractivity contribution in [3.8, 4) is 11.3 Å². The van der Waals surface area contributed by atoms with Gasteiger partial charge in [0.2, 0.25) is 0 Å². The first-order valence-corrected chi connectivity index (χ1v) is 8.42. The number of nitrogens with zero attached hydrogens (tertiary/aromatic N) is 2. The second-order valence-corrected chi connectivity index (χ2v) is 6.46. The largest absolute Gasteiger partial charge is 0.357 e. The average molecular weight is 392 g/mol. The maximum atomic E-state index is 12.1. The molecule has 3 rings (SSSR count). The van der Waals surface area contributed by atoms with Crippen LogP contribution < -0.4 is 10.6 Å². The Hall–Kier alpha value is -1.12. The van der Waals surface area contributed by atoms with E-state index in [1.807, 2.05) is 24.6 Å². The van der Waals surface area contributed by atoms with E-state index in [0.717, 1.165) is 49.0 Å². The fourth-order valence-corrected chi connectivity index (χ4v) is 3.15. The lowest BCUT2D eigenvalue weighted by atomic mass is 10.2. The summed E-state index contributed by atoms with van der Waals surface area (Å²) in [5, 5.41) is 9.32. The van der Waals surface area contributed by atoms with E-state index in [-0.39, 0.29) is 30.7 Å². The predicted molar refractivity (Wildman–Crippen MR) is 103 cm³/mol. The number of amides is 1. The molecule has 1 amide bonds. The Morgan fingerprint density at radius 1 is 1.38 bits per heavy atom. The number of aromatic nitrogens is 2. The predicted octanol–water partition coefficient (Wildman–Crippen LogP) is 1.93. The van der Waals surface area contributed by atoms with Crippen LogP contribution in [0.5, 0.6) is 0 Å². The molecule has 0 aliphatic carbocycles. The number of aryl methyl sites for hydroxylation is 1. The highest BCUT2D eigenvalue weighted by molar-refractivity contribution is 7.09. The van der Waals surface area contributed by atoms with Gasteiger partial charge >= 0.3 is 0 Å². The van der Waals surface area contributed by atoms with Crippen molar-refractivity contribution in [3.63, 3.8) is 0 Å². The van der Waals surface area contributed by atoms with Gasteiger partial charge in [-0.3, -0.25) is 9.69 Å². The third kappa shape index (κ3) is 5.46. The van der Waals surface area contributed by atoms with Gasteiger partial charge in [0.15, 0.2) is 0 Å². The van der Waals surface area contributed by atoms with Crippen molar-refractivity contribution >= 4 is 42.1 Å². The number of carbonyl (C=O) groups excluding carboxylic acids is 1. The molecule has 0 bridgehead atoms. The Kier molecular flexibility index (Phi) is 8.72. The molecule has 0 spiro atoms. The molecule has 9 heteroatoms. The average Bonchev–Trinajstić information content (AvgIpc) is 3.17. The topological polar surface area (TPSA) is 73.0 Å². The zero-order valence-electron chi connectivity index (χ0n) is 13.5. The SMILES string of the molecule is Cc1nc(-c2c[nH]c(C(=O)NCCN3CCNCC3)c2)cs1.Cl.Cl. The molecule has 3 N–H and O–H groups in total. The van der Waals surface area contributed by atoms with E-state index < -0.39 is 0 Å². The van der Waals surface area contributed by atoms with Crippen LogP contribution in [0.15, 0.2) is 17.6 Å². The molecule has 1 saturated heterocycles. The fourth-order valence-electron chi connectivity index (χ4n) is 2.53. The van der Waals surface area contributed by atoms with Crippen molar-refractivity contribution in [1.29, 1.82) is 0 Å². The minimum absolute atomic E-state index is 0. The number of rotatable bonds is 5. The Morgan fingerprint density at radius 3 is 2.79 bits per heavy atom. The maximum absolute atomic E-state index is 12.1. The molecule has 0 unspecified atom stereocenters. The highest BCUT2D eigenvalue weighted by Gasteiger charge is 2.12. The minimum Gasteiger partial charge on any atom is -0.357 e. The Morgan fingerprint density at radius 2 is 2.12 bits per heavy atom. The van der Waals surface area contributed by atoms with Gasteiger partial charge in [0.05, 0.1) is 10.7 Å². The summed E-state index contributed by atoms with van der Waals surface area (Å²) < 4.78 is 0. The lowest BCUT2D eigenvalue weighted by molar-refractivity contribution is 0.0943. The van der Waals surface area contributed by atoms with E-state index in [1.54, 1.807) is 11.3 Å². The molecule has 1 fully saturated rings. The lowest BCUT2D eigenvalue weighted by Gasteiger charge is -2.27. The van der Waals surface area contributed by atoms with Gasteiger partial charge in [0.25, 0.3) is 5.91 Å². The first kappa shape index (κ1) is 20.9. The highest BCUT2D eigenvalue weighted by atomic mass is 35.5. The van der Waals surface area contributed by atoms with Gasteiger partial charge in [-0.05, 0) is 13.0 Å². The molecule has 1 aliphatic rings. The lowest BCUT2D eigenvalue weighted by Crippen LogP contribution is -2.46. The van der Waals surface area contributed by atoms with E-state index in [1.165, 1.54) is 0 Å². The summed E-state index contributed by atoms with van der Waals surface area (Å²) >= 11 is 1.61. The molecule has 24 heavy (non-hydrogen) atoms. The number of piperazine rings is 1. The van der Waals surface area contributed by atoms with E-state index >= 15 is 0 Å². The molecular formula is C15H23Cl2N5OS. The molecule has 0 saturated carbocycles. The van der Waals surface area contributed by atoms with Crippen molar-refractivity contribution in [2.75, 3.05) is 39.3 Å². The molecule has 1 aliphatic heterocycles. The van der Waals surface area contributed by atoms with Crippen molar-refractivity contribution in [2.24, 2.45) is 0 Å². The van der Waals surface area contributed by atoms with Gasteiger partial charge in [-0.1, -0.05) is 0 Å². The zero-order chi connectivity index (χ0) is 15.4. The van der Waals surface area contributed by atoms with Gasteiger partial charge in [-0.2, -0.15) is 0 Å². The minimum atomic E-state index is -0.0617. The number of halogens is 2. The normalized spacial score (nSPS) is 14.5. The number of aromatic amines is 1. The van der Waals surface area contributed by atoms with Crippen molar-refractivity contribution in [3.05, 3.63) is 28.3 Å². The van der Waals surface area contributed by atoms with E-state index in [9.17, 15) is 4.79 Å². The molecule has 2 aromatic heterocycles. The van der Waals surface area contributed by atoms with Crippen molar-refractivity contribution < 1.29 is 4.79 Å². The number of H-pyrrole nitrogens is 1. The molecule has 0 radical (unpaired) electrons.